The maximum Gasteiger partial charge on any atom is 0.262 e. The standard InChI is InChI=1S/C25H24ClN3O5S2/c1-17-4-2-5-18(16-17)24(31)28-11-13-29(14-12-28)25(32)23(27-22(30)21-6-3-15-35-21)36(33,34)20-9-7-19(26)8-10-20/h2-10,15-16,23H,11-14H2,1H3,(H,27,30)/t23-/m0/s1. The molecule has 36 heavy (non-hydrogen) atoms. The summed E-state index contributed by atoms with van der Waals surface area (Å²) in [5, 5.41) is 2.61. The van der Waals surface area contributed by atoms with Gasteiger partial charge in [0, 0.05) is 36.8 Å². The number of nitrogens with one attached hydrogen (secondary N) is 1. The zero-order valence-corrected chi connectivity index (χ0v) is 21.8. The normalized spacial score (nSPS) is 14.8. The molecule has 0 spiro atoms. The molecule has 1 N–H and O–H groups in total. The van der Waals surface area contributed by atoms with Crippen molar-refractivity contribution in [3.8, 4) is 0 Å². The Morgan fingerprint density at radius 3 is 2.22 bits per heavy atom. The summed E-state index contributed by atoms with van der Waals surface area (Å²) in [5.74, 6) is -1.56. The monoisotopic (exact) mass is 545 g/mol. The third-order valence-electron chi connectivity index (χ3n) is 5.83. The fourth-order valence-electron chi connectivity index (χ4n) is 3.89. The minimum Gasteiger partial charge on any atom is -0.336 e. The van der Waals surface area contributed by atoms with E-state index < -0.39 is 27.0 Å². The van der Waals surface area contributed by atoms with E-state index in [0.29, 0.717) is 10.6 Å². The average molecular weight is 546 g/mol. The minimum absolute atomic E-state index is 0.134. The van der Waals surface area contributed by atoms with Crippen LogP contribution in [0.1, 0.15) is 25.6 Å². The fraction of sp³-hybridized carbons (Fsp3) is 0.240. The summed E-state index contributed by atoms with van der Waals surface area (Å²) in [6, 6.07) is 15.9. The van der Waals surface area contributed by atoms with Crippen molar-refractivity contribution in [1.29, 1.82) is 0 Å². The third-order valence-corrected chi connectivity index (χ3v) is 8.82. The Bertz CT molecular complexity index is 1370. The number of amides is 3. The molecule has 2 heterocycles. The number of piperazine rings is 1. The van der Waals surface area contributed by atoms with Gasteiger partial charge < -0.3 is 15.1 Å². The highest BCUT2D eigenvalue weighted by Gasteiger charge is 2.39. The van der Waals surface area contributed by atoms with Crippen molar-refractivity contribution in [3.63, 3.8) is 0 Å². The van der Waals surface area contributed by atoms with Crippen LogP contribution in [0.15, 0.2) is 70.9 Å². The molecule has 0 saturated carbocycles. The molecule has 1 aliphatic heterocycles. The lowest BCUT2D eigenvalue weighted by atomic mass is 10.1. The van der Waals surface area contributed by atoms with Gasteiger partial charge in [-0.15, -0.1) is 11.3 Å². The molecule has 0 bridgehead atoms. The number of halogens is 1. The zero-order chi connectivity index (χ0) is 25.9. The van der Waals surface area contributed by atoms with Gasteiger partial charge in [-0.2, -0.15) is 0 Å². The highest BCUT2D eigenvalue weighted by atomic mass is 35.5. The molecule has 3 aromatic rings. The summed E-state index contributed by atoms with van der Waals surface area (Å²) >= 11 is 7.04. The molecule has 1 atom stereocenters. The minimum atomic E-state index is -4.29. The van der Waals surface area contributed by atoms with Crippen LogP contribution < -0.4 is 5.32 Å². The largest absolute Gasteiger partial charge is 0.336 e. The number of aryl methyl sites for hydroxylation is 1. The van der Waals surface area contributed by atoms with Gasteiger partial charge in [0.1, 0.15) is 0 Å². The number of benzene rings is 2. The van der Waals surface area contributed by atoms with E-state index in [4.69, 9.17) is 11.6 Å². The summed E-state index contributed by atoms with van der Waals surface area (Å²) in [7, 11) is -4.29. The number of rotatable bonds is 6. The summed E-state index contributed by atoms with van der Waals surface area (Å²) in [6.45, 7) is 2.66. The number of thiophene rings is 1. The summed E-state index contributed by atoms with van der Waals surface area (Å²) in [4.78, 5) is 42.3. The highest BCUT2D eigenvalue weighted by Crippen LogP contribution is 2.21. The predicted octanol–water partition coefficient (Wildman–Crippen LogP) is 3.22. The maximum absolute atomic E-state index is 13.5. The van der Waals surface area contributed by atoms with Gasteiger partial charge in [0.05, 0.1) is 9.77 Å². The van der Waals surface area contributed by atoms with E-state index in [2.05, 4.69) is 5.32 Å². The Hall–Kier alpha value is -3.21. The second-order valence-corrected chi connectivity index (χ2v) is 11.7. The van der Waals surface area contributed by atoms with E-state index in [1.54, 1.807) is 34.5 Å². The third kappa shape index (κ3) is 5.61. The number of hydrogen-bond donors (Lipinski definition) is 1. The van der Waals surface area contributed by atoms with Crippen molar-refractivity contribution in [1.82, 2.24) is 15.1 Å². The van der Waals surface area contributed by atoms with Gasteiger partial charge in [0.15, 0.2) is 0 Å². The maximum atomic E-state index is 13.5. The second kappa shape index (κ2) is 10.8. The van der Waals surface area contributed by atoms with Crippen LogP contribution in [0.4, 0.5) is 0 Å². The average Bonchev–Trinajstić information content (AvgIpc) is 3.42. The Morgan fingerprint density at radius 2 is 1.61 bits per heavy atom. The van der Waals surface area contributed by atoms with Gasteiger partial charge in [-0.3, -0.25) is 14.4 Å². The van der Waals surface area contributed by atoms with Crippen LogP contribution in [0, 0.1) is 6.92 Å². The summed E-state index contributed by atoms with van der Waals surface area (Å²) in [5.41, 5.74) is 1.52. The molecular formula is C25H24ClN3O5S2. The van der Waals surface area contributed by atoms with Gasteiger partial charge in [0.25, 0.3) is 17.7 Å². The van der Waals surface area contributed by atoms with Crippen LogP contribution in [0.2, 0.25) is 5.02 Å². The molecule has 1 saturated heterocycles. The molecule has 4 rings (SSSR count). The van der Waals surface area contributed by atoms with Crippen LogP contribution in [-0.2, 0) is 14.6 Å². The Morgan fingerprint density at radius 1 is 0.944 bits per heavy atom. The van der Waals surface area contributed by atoms with E-state index in [-0.39, 0.29) is 41.9 Å². The highest BCUT2D eigenvalue weighted by molar-refractivity contribution is 7.92. The number of sulfone groups is 1. The Kier molecular flexibility index (Phi) is 7.77. The van der Waals surface area contributed by atoms with Crippen LogP contribution in [0.25, 0.3) is 0 Å². The first-order valence-electron chi connectivity index (χ1n) is 11.2. The molecule has 1 aromatic heterocycles. The van der Waals surface area contributed by atoms with Gasteiger partial charge >= 0.3 is 0 Å². The van der Waals surface area contributed by atoms with Crippen molar-refractivity contribution in [2.45, 2.75) is 17.2 Å². The lowest BCUT2D eigenvalue weighted by Gasteiger charge is -2.36. The fourth-order valence-corrected chi connectivity index (χ4v) is 6.10. The van der Waals surface area contributed by atoms with E-state index >= 15 is 0 Å². The van der Waals surface area contributed by atoms with E-state index in [0.717, 1.165) is 16.9 Å². The molecular weight excluding hydrogens is 522 g/mol. The van der Waals surface area contributed by atoms with Crippen molar-refractivity contribution in [3.05, 3.63) is 87.1 Å². The molecule has 2 aromatic carbocycles. The summed E-state index contributed by atoms with van der Waals surface area (Å²) < 4.78 is 26.9. The quantitative estimate of drug-likeness (QED) is 0.512. The van der Waals surface area contributed by atoms with Gasteiger partial charge in [-0.05, 0) is 54.8 Å². The van der Waals surface area contributed by atoms with Crippen LogP contribution in [0.5, 0.6) is 0 Å². The number of nitrogens with zero attached hydrogens (tertiary/aromatic N) is 2. The number of hydrogen-bond acceptors (Lipinski definition) is 6. The number of carbonyl (C=O) groups excluding carboxylic acids is 3. The molecule has 0 radical (unpaired) electrons. The van der Waals surface area contributed by atoms with Crippen molar-refractivity contribution < 1.29 is 22.8 Å². The smallest absolute Gasteiger partial charge is 0.262 e. The van der Waals surface area contributed by atoms with Gasteiger partial charge in [-0.25, -0.2) is 8.42 Å². The first kappa shape index (κ1) is 25.9. The van der Waals surface area contributed by atoms with E-state index in [1.165, 1.54) is 29.2 Å². The Balaban J connectivity index is 1.53. The van der Waals surface area contributed by atoms with Crippen molar-refractivity contribution >= 4 is 50.5 Å². The molecule has 0 aliphatic carbocycles. The molecule has 3 amide bonds. The Labute approximate surface area is 218 Å². The molecule has 0 unspecified atom stereocenters. The van der Waals surface area contributed by atoms with Crippen molar-refractivity contribution in [2.24, 2.45) is 0 Å². The number of carbonyl (C=O) groups is 3. The lowest BCUT2D eigenvalue weighted by Crippen LogP contribution is -2.57. The molecule has 11 heteroatoms. The topological polar surface area (TPSA) is 104 Å². The second-order valence-electron chi connectivity index (χ2n) is 8.32. The molecule has 1 fully saturated rings. The zero-order valence-electron chi connectivity index (χ0n) is 19.4. The summed E-state index contributed by atoms with van der Waals surface area (Å²) in [6.07, 6.45) is 0. The van der Waals surface area contributed by atoms with Crippen molar-refractivity contribution in [2.75, 3.05) is 26.2 Å². The van der Waals surface area contributed by atoms with E-state index in [9.17, 15) is 22.8 Å². The van der Waals surface area contributed by atoms with Gasteiger partial charge in [0.2, 0.25) is 15.2 Å². The first-order valence-corrected chi connectivity index (χ1v) is 14.0. The van der Waals surface area contributed by atoms with Crippen LogP contribution in [-0.4, -0.2) is 67.5 Å². The molecule has 188 valence electrons. The van der Waals surface area contributed by atoms with Gasteiger partial charge in [-0.1, -0.05) is 35.4 Å². The van der Waals surface area contributed by atoms with Crippen LogP contribution in [0.3, 0.4) is 0 Å². The lowest BCUT2D eigenvalue weighted by molar-refractivity contribution is -0.132. The molecule has 1 aliphatic rings. The van der Waals surface area contributed by atoms with E-state index in [1.807, 2.05) is 19.1 Å². The first-order chi connectivity index (χ1) is 17.2. The molecule has 8 nitrogen and oxygen atoms in total. The SMILES string of the molecule is Cc1cccc(C(=O)N2CCN(C(=O)[C@@H](NC(=O)c3cccs3)S(=O)(=O)c3ccc(Cl)cc3)CC2)c1. The predicted molar refractivity (Wildman–Crippen MR) is 138 cm³/mol. The van der Waals surface area contributed by atoms with Crippen LogP contribution >= 0.6 is 22.9 Å².